The monoisotopic (exact) mass is 268 g/mol. The van der Waals surface area contributed by atoms with E-state index in [0.717, 1.165) is 11.1 Å². The van der Waals surface area contributed by atoms with Crippen molar-refractivity contribution in [2.24, 2.45) is 0 Å². The van der Waals surface area contributed by atoms with E-state index >= 15 is 0 Å². The third kappa shape index (κ3) is 2.50. The molecule has 0 aliphatic heterocycles. The zero-order valence-corrected chi connectivity index (χ0v) is 10.9. The molecule has 0 aliphatic carbocycles. The van der Waals surface area contributed by atoms with Crippen LogP contribution < -0.4 is 11.1 Å². The summed E-state index contributed by atoms with van der Waals surface area (Å²) in [7, 11) is 0. The van der Waals surface area contributed by atoms with E-state index in [9.17, 15) is 4.79 Å². The van der Waals surface area contributed by atoms with Crippen LogP contribution in [0.1, 0.15) is 9.67 Å². The predicted molar refractivity (Wildman–Crippen MR) is 72.5 cm³/mol. The molecule has 5 nitrogen and oxygen atoms in total. The Morgan fingerprint density at radius 2 is 2.47 bits per heavy atom. The molecule has 2 heterocycles. The summed E-state index contributed by atoms with van der Waals surface area (Å²) in [6, 6.07) is 1.77. The van der Waals surface area contributed by atoms with Crippen molar-refractivity contribution in [3.63, 3.8) is 0 Å². The molecule has 2 rings (SSSR count). The van der Waals surface area contributed by atoms with Gasteiger partial charge in [-0.1, -0.05) is 0 Å². The number of nitrogens with one attached hydrogen (secondary N) is 1. The maximum Gasteiger partial charge on any atom is 0.263 e. The van der Waals surface area contributed by atoms with Gasteiger partial charge in [-0.15, -0.1) is 16.4 Å². The summed E-state index contributed by atoms with van der Waals surface area (Å²) in [6.07, 6.45) is 3.57. The molecular formula is C10H12N4OS2. The summed E-state index contributed by atoms with van der Waals surface area (Å²) in [5, 5.41) is 11.3. The molecule has 0 atom stereocenters. The van der Waals surface area contributed by atoms with E-state index in [1.165, 1.54) is 11.3 Å². The smallest absolute Gasteiger partial charge is 0.263 e. The van der Waals surface area contributed by atoms with E-state index < -0.39 is 0 Å². The first-order valence-corrected chi connectivity index (χ1v) is 7.22. The molecule has 17 heavy (non-hydrogen) atoms. The van der Waals surface area contributed by atoms with E-state index in [1.807, 2.05) is 6.26 Å². The minimum atomic E-state index is -0.139. The Bertz CT molecular complexity index is 540. The summed E-state index contributed by atoms with van der Waals surface area (Å²) in [4.78, 5) is 13.1. The molecule has 2 aromatic rings. The SMILES string of the molecule is CSCCNC(=O)c1sc2nnccc2c1N. The molecule has 0 aliphatic rings. The average molecular weight is 268 g/mol. The first kappa shape index (κ1) is 12.1. The largest absolute Gasteiger partial charge is 0.397 e. The van der Waals surface area contributed by atoms with Crippen LogP contribution in [0.3, 0.4) is 0 Å². The van der Waals surface area contributed by atoms with E-state index in [1.54, 1.807) is 24.0 Å². The van der Waals surface area contributed by atoms with Gasteiger partial charge < -0.3 is 11.1 Å². The lowest BCUT2D eigenvalue weighted by atomic mass is 10.3. The van der Waals surface area contributed by atoms with E-state index in [4.69, 9.17) is 5.73 Å². The molecule has 0 saturated heterocycles. The zero-order chi connectivity index (χ0) is 12.3. The summed E-state index contributed by atoms with van der Waals surface area (Å²) in [5.74, 6) is 0.746. The van der Waals surface area contributed by atoms with Gasteiger partial charge >= 0.3 is 0 Å². The van der Waals surface area contributed by atoms with Crippen LogP contribution in [0.2, 0.25) is 0 Å². The van der Waals surface area contributed by atoms with Crippen molar-refractivity contribution in [1.29, 1.82) is 0 Å². The maximum absolute atomic E-state index is 11.9. The highest BCUT2D eigenvalue weighted by Gasteiger charge is 2.16. The number of hydrogen-bond donors (Lipinski definition) is 2. The minimum Gasteiger partial charge on any atom is -0.397 e. The fourth-order valence-electron chi connectivity index (χ4n) is 1.39. The maximum atomic E-state index is 11.9. The number of nitrogens with zero attached hydrogens (tertiary/aromatic N) is 2. The van der Waals surface area contributed by atoms with E-state index in [0.29, 0.717) is 21.9 Å². The number of hydrogen-bond acceptors (Lipinski definition) is 6. The minimum absolute atomic E-state index is 0.139. The average Bonchev–Trinajstić information content (AvgIpc) is 2.68. The number of nitrogens with two attached hydrogens (primary N) is 1. The van der Waals surface area contributed by atoms with Crippen molar-refractivity contribution in [2.75, 3.05) is 24.3 Å². The predicted octanol–water partition coefficient (Wildman–Crippen LogP) is 1.37. The Labute approximate surface area is 107 Å². The van der Waals surface area contributed by atoms with Crippen LogP contribution in [0.4, 0.5) is 5.69 Å². The third-order valence-electron chi connectivity index (χ3n) is 2.22. The number of carbonyl (C=O) groups is 1. The quantitative estimate of drug-likeness (QED) is 0.818. The lowest BCUT2D eigenvalue weighted by Gasteiger charge is -2.02. The van der Waals surface area contributed by atoms with Crippen LogP contribution in [0.5, 0.6) is 0 Å². The van der Waals surface area contributed by atoms with Crippen molar-refractivity contribution in [3.8, 4) is 0 Å². The van der Waals surface area contributed by atoms with Crippen LogP contribution in [0.15, 0.2) is 12.3 Å². The van der Waals surface area contributed by atoms with Crippen LogP contribution in [0, 0.1) is 0 Å². The highest BCUT2D eigenvalue weighted by atomic mass is 32.2. The topological polar surface area (TPSA) is 80.9 Å². The van der Waals surface area contributed by atoms with Crippen LogP contribution in [0.25, 0.3) is 10.2 Å². The lowest BCUT2D eigenvalue weighted by Crippen LogP contribution is -2.25. The number of thiophene rings is 1. The Hall–Kier alpha value is -1.34. The molecule has 1 amide bonds. The molecule has 0 aromatic carbocycles. The van der Waals surface area contributed by atoms with Crippen LogP contribution in [-0.2, 0) is 0 Å². The Morgan fingerprint density at radius 1 is 1.65 bits per heavy atom. The number of fused-ring (bicyclic) bond motifs is 1. The first-order chi connectivity index (χ1) is 8.24. The second-order valence-corrected chi connectivity index (χ2v) is 5.33. The highest BCUT2D eigenvalue weighted by Crippen LogP contribution is 2.31. The molecular weight excluding hydrogens is 256 g/mol. The standard InChI is InChI=1S/C10H12N4OS2/c1-16-5-4-12-9(15)8-7(11)6-2-3-13-14-10(6)17-8/h2-3H,4-5,11H2,1H3,(H,12,15). The van der Waals surface area contributed by atoms with Gasteiger partial charge in [-0.25, -0.2) is 0 Å². The van der Waals surface area contributed by atoms with Gasteiger partial charge in [-0.05, 0) is 12.3 Å². The lowest BCUT2D eigenvalue weighted by molar-refractivity contribution is 0.0961. The van der Waals surface area contributed by atoms with Gasteiger partial charge in [0.1, 0.15) is 9.71 Å². The van der Waals surface area contributed by atoms with Gasteiger partial charge in [0.05, 0.1) is 11.9 Å². The fourth-order valence-corrected chi connectivity index (χ4v) is 2.65. The summed E-state index contributed by atoms with van der Waals surface area (Å²) < 4.78 is 0. The molecule has 3 N–H and O–H groups in total. The van der Waals surface area contributed by atoms with E-state index in [-0.39, 0.29) is 5.91 Å². The summed E-state index contributed by atoms with van der Waals surface area (Å²) in [5.41, 5.74) is 6.41. The van der Waals surface area contributed by atoms with Gasteiger partial charge in [0.2, 0.25) is 0 Å². The number of anilines is 1. The zero-order valence-electron chi connectivity index (χ0n) is 9.27. The molecule has 0 spiro atoms. The Kier molecular flexibility index (Phi) is 3.80. The molecule has 90 valence electrons. The number of thioether (sulfide) groups is 1. The molecule has 0 unspecified atom stereocenters. The van der Waals surface area contributed by atoms with E-state index in [2.05, 4.69) is 15.5 Å². The van der Waals surface area contributed by atoms with Crippen molar-refractivity contribution >= 4 is 44.9 Å². The van der Waals surface area contributed by atoms with Gasteiger partial charge in [0, 0.05) is 17.7 Å². The van der Waals surface area contributed by atoms with Crippen LogP contribution >= 0.6 is 23.1 Å². The number of rotatable bonds is 4. The molecule has 2 aromatic heterocycles. The van der Waals surface area contributed by atoms with Crippen molar-refractivity contribution in [1.82, 2.24) is 15.5 Å². The Morgan fingerprint density at radius 3 is 3.18 bits per heavy atom. The van der Waals surface area contributed by atoms with Gasteiger partial charge in [-0.3, -0.25) is 4.79 Å². The number of nitrogen functional groups attached to an aromatic ring is 1. The van der Waals surface area contributed by atoms with Gasteiger partial charge in [0.15, 0.2) is 0 Å². The Balaban J connectivity index is 2.23. The second kappa shape index (κ2) is 5.33. The normalized spacial score (nSPS) is 10.6. The number of aromatic nitrogens is 2. The second-order valence-electron chi connectivity index (χ2n) is 3.34. The molecule has 0 radical (unpaired) electrons. The fraction of sp³-hybridized carbons (Fsp3) is 0.300. The molecule has 0 saturated carbocycles. The molecule has 0 fully saturated rings. The van der Waals surface area contributed by atoms with Gasteiger partial charge in [-0.2, -0.15) is 16.9 Å². The van der Waals surface area contributed by atoms with Crippen molar-refractivity contribution < 1.29 is 4.79 Å². The summed E-state index contributed by atoms with van der Waals surface area (Å²) >= 11 is 2.96. The van der Waals surface area contributed by atoms with Crippen LogP contribution in [-0.4, -0.2) is 34.7 Å². The molecule has 7 heteroatoms. The molecule has 0 bridgehead atoms. The third-order valence-corrected chi connectivity index (χ3v) is 3.94. The summed E-state index contributed by atoms with van der Waals surface area (Å²) in [6.45, 7) is 0.638. The van der Waals surface area contributed by atoms with Crippen molar-refractivity contribution in [3.05, 3.63) is 17.1 Å². The highest BCUT2D eigenvalue weighted by molar-refractivity contribution is 7.98. The van der Waals surface area contributed by atoms with Gasteiger partial charge in [0.25, 0.3) is 5.91 Å². The number of carbonyl (C=O) groups excluding carboxylic acids is 1. The van der Waals surface area contributed by atoms with Crippen molar-refractivity contribution in [2.45, 2.75) is 0 Å². The first-order valence-electron chi connectivity index (χ1n) is 5.01. The number of amides is 1.